The summed E-state index contributed by atoms with van der Waals surface area (Å²) in [6.45, 7) is -0.0267. The van der Waals surface area contributed by atoms with Gasteiger partial charge in [-0.1, -0.05) is 18.2 Å². The number of esters is 1. The second kappa shape index (κ2) is 6.04. The van der Waals surface area contributed by atoms with Gasteiger partial charge in [0.25, 0.3) is 5.56 Å². The van der Waals surface area contributed by atoms with E-state index in [0.717, 1.165) is 6.26 Å². The number of benzene rings is 1. The van der Waals surface area contributed by atoms with Gasteiger partial charge in [-0.25, -0.2) is 18.3 Å². The van der Waals surface area contributed by atoms with Crippen LogP contribution in [0, 0.1) is 0 Å². The third-order valence-electron chi connectivity index (χ3n) is 2.78. The van der Waals surface area contributed by atoms with E-state index in [9.17, 15) is 18.0 Å². The van der Waals surface area contributed by atoms with Crippen LogP contribution >= 0.6 is 0 Å². The third-order valence-corrected chi connectivity index (χ3v) is 3.81. The average Bonchev–Trinajstić information content (AvgIpc) is 2.43. The molecule has 0 aliphatic rings. The van der Waals surface area contributed by atoms with Crippen molar-refractivity contribution in [3.8, 4) is 0 Å². The summed E-state index contributed by atoms with van der Waals surface area (Å²) in [5.41, 5.74) is -0.385. The fourth-order valence-corrected chi connectivity index (χ4v) is 2.47. The van der Waals surface area contributed by atoms with E-state index < -0.39 is 15.8 Å². The van der Waals surface area contributed by atoms with Crippen molar-refractivity contribution < 1.29 is 17.9 Å². The summed E-state index contributed by atoms with van der Waals surface area (Å²) < 4.78 is 26.9. The molecule has 2 rings (SSSR count). The number of nitrogens with zero attached hydrogens (tertiary/aromatic N) is 1. The van der Waals surface area contributed by atoms with E-state index in [1.807, 2.05) is 0 Å². The Hall–Kier alpha value is -2.22. The molecule has 0 saturated carbocycles. The number of aromatic amines is 1. The lowest BCUT2D eigenvalue weighted by Gasteiger charge is -2.05. The minimum atomic E-state index is -3.08. The molecule has 0 atom stereocenters. The number of hydrogen-bond donors (Lipinski definition) is 1. The quantitative estimate of drug-likeness (QED) is 0.637. The molecule has 1 N–H and O–H groups in total. The van der Waals surface area contributed by atoms with Gasteiger partial charge in [0.1, 0.15) is 9.84 Å². The van der Waals surface area contributed by atoms with Crippen LogP contribution in [-0.4, -0.2) is 43.2 Å². The normalized spacial score (nSPS) is 11.5. The highest BCUT2D eigenvalue weighted by atomic mass is 32.2. The molecule has 0 unspecified atom stereocenters. The predicted molar refractivity (Wildman–Crippen MR) is 77.0 cm³/mol. The third kappa shape index (κ3) is 3.88. The van der Waals surface area contributed by atoms with Crippen molar-refractivity contribution in [2.75, 3.05) is 18.6 Å². The average molecular weight is 310 g/mol. The molecule has 0 fully saturated rings. The van der Waals surface area contributed by atoms with Gasteiger partial charge < -0.3 is 4.74 Å². The van der Waals surface area contributed by atoms with Crippen LogP contribution in [-0.2, 0) is 14.6 Å². The number of fused-ring (bicyclic) bond motifs is 1. The zero-order chi connectivity index (χ0) is 15.5. The Bertz CT molecular complexity index is 826. The standard InChI is InChI=1S/C13H14N2O5S/c1-21(18,19)8-4-7-20-13(17)11-9-5-2-3-6-10(9)12(16)15-14-11/h2-3,5-6H,4,7-8H2,1H3,(H,15,16). The lowest BCUT2D eigenvalue weighted by Crippen LogP contribution is -2.17. The van der Waals surface area contributed by atoms with Crippen LogP contribution in [0.15, 0.2) is 29.1 Å². The molecular formula is C13H14N2O5S. The van der Waals surface area contributed by atoms with Crippen molar-refractivity contribution in [1.29, 1.82) is 0 Å². The summed E-state index contributed by atoms with van der Waals surface area (Å²) in [4.78, 5) is 23.5. The molecule has 0 radical (unpaired) electrons. The Balaban J connectivity index is 2.14. The lowest BCUT2D eigenvalue weighted by atomic mass is 10.1. The largest absolute Gasteiger partial charge is 0.461 e. The maximum atomic E-state index is 11.9. The van der Waals surface area contributed by atoms with Gasteiger partial charge in [0.15, 0.2) is 5.69 Å². The highest BCUT2D eigenvalue weighted by Gasteiger charge is 2.15. The molecule has 0 amide bonds. The molecule has 0 aliphatic carbocycles. The van der Waals surface area contributed by atoms with Gasteiger partial charge in [-0.3, -0.25) is 4.79 Å². The number of carbonyl (C=O) groups is 1. The van der Waals surface area contributed by atoms with Crippen molar-refractivity contribution in [2.45, 2.75) is 6.42 Å². The SMILES string of the molecule is CS(=O)(=O)CCCOC(=O)c1n[nH]c(=O)c2ccccc12. The van der Waals surface area contributed by atoms with Gasteiger partial charge >= 0.3 is 5.97 Å². The van der Waals surface area contributed by atoms with E-state index >= 15 is 0 Å². The van der Waals surface area contributed by atoms with Crippen LogP contribution in [0.4, 0.5) is 0 Å². The summed E-state index contributed by atoms with van der Waals surface area (Å²) in [6, 6.07) is 6.55. The number of rotatable bonds is 5. The number of ether oxygens (including phenoxy) is 1. The van der Waals surface area contributed by atoms with Gasteiger partial charge in [-0.05, 0) is 12.5 Å². The zero-order valence-electron chi connectivity index (χ0n) is 11.3. The Morgan fingerprint density at radius 2 is 1.95 bits per heavy atom. The molecule has 112 valence electrons. The number of sulfone groups is 1. The minimum Gasteiger partial charge on any atom is -0.461 e. The maximum Gasteiger partial charge on any atom is 0.359 e. The van der Waals surface area contributed by atoms with Crippen molar-refractivity contribution >= 4 is 26.6 Å². The molecule has 1 aromatic heterocycles. The number of H-pyrrole nitrogens is 1. The zero-order valence-corrected chi connectivity index (χ0v) is 12.1. The Morgan fingerprint density at radius 1 is 1.29 bits per heavy atom. The first kappa shape index (κ1) is 15.2. The Labute approximate surface area is 120 Å². The highest BCUT2D eigenvalue weighted by molar-refractivity contribution is 7.90. The molecule has 0 spiro atoms. The van der Waals surface area contributed by atoms with Crippen LogP contribution in [0.5, 0.6) is 0 Å². The summed E-state index contributed by atoms with van der Waals surface area (Å²) in [5, 5.41) is 6.68. The van der Waals surface area contributed by atoms with Crippen molar-refractivity contribution in [2.24, 2.45) is 0 Å². The first-order valence-corrected chi connectivity index (χ1v) is 8.27. The summed E-state index contributed by atoms with van der Waals surface area (Å²) in [6.07, 6.45) is 1.33. The van der Waals surface area contributed by atoms with Gasteiger partial charge in [-0.2, -0.15) is 5.10 Å². The van der Waals surface area contributed by atoms with E-state index in [-0.39, 0.29) is 30.0 Å². The molecular weight excluding hydrogens is 296 g/mol. The molecule has 7 nitrogen and oxygen atoms in total. The van der Waals surface area contributed by atoms with E-state index in [1.54, 1.807) is 24.3 Å². The molecule has 2 aromatic rings. The van der Waals surface area contributed by atoms with Crippen LogP contribution in [0.1, 0.15) is 16.9 Å². The second-order valence-electron chi connectivity index (χ2n) is 4.57. The van der Waals surface area contributed by atoms with Crippen molar-refractivity contribution in [3.05, 3.63) is 40.3 Å². The molecule has 0 aliphatic heterocycles. The van der Waals surface area contributed by atoms with Crippen LogP contribution in [0.25, 0.3) is 10.8 Å². The lowest BCUT2D eigenvalue weighted by molar-refractivity contribution is 0.0500. The van der Waals surface area contributed by atoms with E-state index in [0.29, 0.717) is 10.8 Å². The molecule has 1 heterocycles. The van der Waals surface area contributed by atoms with E-state index in [1.165, 1.54) is 0 Å². The van der Waals surface area contributed by atoms with Crippen molar-refractivity contribution in [3.63, 3.8) is 0 Å². The summed E-state index contributed by atoms with van der Waals surface area (Å²) in [5.74, 6) is -0.754. The van der Waals surface area contributed by atoms with E-state index in [2.05, 4.69) is 10.2 Å². The summed E-state index contributed by atoms with van der Waals surface area (Å²) in [7, 11) is -3.08. The Kier molecular flexibility index (Phi) is 4.37. The minimum absolute atomic E-state index is 0.00422. The van der Waals surface area contributed by atoms with Gasteiger partial charge in [0.2, 0.25) is 0 Å². The monoisotopic (exact) mass is 310 g/mol. The van der Waals surface area contributed by atoms with E-state index in [4.69, 9.17) is 4.74 Å². The molecule has 0 bridgehead atoms. The smallest absolute Gasteiger partial charge is 0.359 e. The first-order valence-electron chi connectivity index (χ1n) is 6.21. The second-order valence-corrected chi connectivity index (χ2v) is 6.83. The van der Waals surface area contributed by atoms with Gasteiger partial charge in [0.05, 0.1) is 17.7 Å². The summed E-state index contributed by atoms with van der Waals surface area (Å²) >= 11 is 0. The number of carbonyl (C=O) groups excluding carboxylic acids is 1. The van der Waals surface area contributed by atoms with Gasteiger partial charge in [0, 0.05) is 11.6 Å². The Morgan fingerprint density at radius 3 is 2.62 bits per heavy atom. The number of aromatic nitrogens is 2. The fraction of sp³-hybridized carbons (Fsp3) is 0.308. The molecule has 0 saturated heterocycles. The molecule has 8 heteroatoms. The van der Waals surface area contributed by atoms with Crippen LogP contribution in [0.3, 0.4) is 0 Å². The fourth-order valence-electron chi connectivity index (χ4n) is 1.82. The van der Waals surface area contributed by atoms with Crippen molar-refractivity contribution in [1.82, 2.24) is 10.2 Å². The van der Waals surface area contributed by atoms with Crippen LogP contribution in [0.2, 0.25) is 0 Å². The van der Waals surface area contributed by atoms with Gasteiger partial charge in [-0.15, -0.1) is 0 Å². The number of nitrogens with one attached hydrogen (secondary N) is 1. The predicted octanol–water partition coefficient (Wildman–Crippen LogP) is 0.515. The molecule has 1 aromatic carbocycles. The maximum absolute atomic E-state index is 11.9. The number of hydrogen-bond acceptors (Lipinski definition) is 6. The first-order chi connectivity index (χ1) is 9.88. The topological polar surface area (TPSA) is 106 Å². The highest BCUT2D eigenvalue weighted by Crippen LogP contribution is 2.13. The molecule has 21 heavy (non-hydrogen) atoms. The van der Waals surface area contributed by atoms with Crippen LogP contribution < -0.4 is 5.56 Å².